The highest BCUT2D eigenvalue weighted by atomic mass is 19.3. The van der Waals surface area contributed by atoms with Crippen molar-refractivity contribution in [1.82, 2.24) is 15.5 Å². The number of hydrogen-bond donors (Lipinski definition) is 2. The predicted molar refractivity (Wildman–Crippen MR) is 55.4 cm³/mol. The number of carbonyl (C=O) groups is 1. The molecule has 0 unspecified atom stereocenters. The molecule has 0 radical (unpaired) electrons. The number of amides is 1. The van der Waals surface area contributed by atoms with Gasteiger partial charge in [-0.1, -0.05) is 0 Å². The van der Waals surface area contributed by atoms with E-state index in [1.165, 1.54) is 4.90 Å². The Labute approximate surface area is 93.4 Å². The van der Waals surface area contributed by atoms with Gasteiger partial charge in [0.2, 0.25) is 0 Å². The predicted octanol–water partition coefficient (Wildman–Crippen LogP) is -0.196. The fraction of sp³-hybridized carbons (Fsp3) is 0.900. The van der Waals surface area contributed by atoms with E-state index in [2.05, 4.69) is 17.6 Å². The maximum Gasteiger partial charge on any atom is 0.326 e. The van der Waals surface area contributed by atoms with Gasteiger partial charge in [0.1, 0.15) is 0 Å². The zero-order chi connectivity index (χ0) is 11.8. The van der Waals surface area contributed by atoms with Crippen LogP contribution in [-0.4, -0.2) is 55.0 Å². The van der Waals surface area contributed by atoms with Gasteiger partial charge in [-0.25, -0.2) is 0 Å². The molecule has 2 N–H and O–H groups in total. The smallest absolute Gasteiger partial charge is 0.326 e. The summed E-state index contributed by atoms with van der Waals surface area (Å²) in [5, 5.41) is 6.50. The molecule has 0 aromatic carbocycles. The minimum absolute atomic E-state index is 0.0778. The van der Waals surface area contributed by atoms with E-state index in [0.29, 0.717) is 12.6 Å². The quantitative estimate of drug-likeness (QED) is 0.694. The van der Waals surface area contributed by atoms with Gasteiger partial charge in [0.25, 0.3) is 5.91 Å². The zero-order valence-corrected chi connectivity index (χ0v) is 9.30. The topological polar surface area (TPSA) is 44.4 Å². The third-order valence-corrected chi connectivity index (χ3v) is 3.16. The van der Waals surface area contributed by atoms with E-state index in [4.69, 9.17) is 0 Å². The normalized spacial score (nSPS) is 34.4. The number of likely N-dealkylation sites (tertiary alicyclic amines) is 1. The summed E-state index contributed by atoms with van der Waals surface area (Å²) >= 11 is 0. The van der Waals surface area contributed by atoms with E-state index < -0.39 is 11.8 Å². The average molecular weight is 233 g/mol. The van der Waals surface area contributed by atoms with E-state index in [0.717, 1.165) is 13.1 Å². The summed E-state index contributed by atoms with van der Waals surface area (Å²) in [7, 11) is 0. The molecular weight excluding hydrogens is 216 g/mol. The molecule has 2 heterocycles. The van der Waals surface area contributed by atoms with Crippen molar-refractivity contribution in [3.8, 4) is 0 Å². The molecule has 2 fully saturated rings. The van der Waals surface area contributed by atoms with Crippen molar-refractivity contribution in [2.45, 2.75) is 31.4 Å². The molecule has 2 rings (SSSR count). The summed E-state index contributed by atoms with van der Waals surface area (Å²) < 4.78 is 26.0. The Balaban J connectivity index is 1.85. The van der Waals surface area contributed by atoms with Crippen LogP contribution in [0, 0.1) is 0 Å². The molecule has 2 aliphatic rings. The van der Waals surface area contributed by atoms with Gasteiger partial charge in [0, 0.05) is 44.7 Å². The highest BCUT2D eigenvalue weighted by molar-refractivity contribution is 5.85. The van der Waals surface area contributed by atoms with Crippen LogP contribution in [0.25, 0.3) is 0 Å². The van der Waals surface area contributed by atoms with Gasteiger partial charge in [-0.15, -0.1) is 0 Å². The molecular formula is C10H17F2N3O. The molecule has 0 aliphatic carbocycles. The monoisotopic (exact) mass is 233 g/mol. The summed E-state index contributed by atoms with van der Waals surface area (Å²) in [5.41, 5.74) is 0. The second kappa shape index (κ2) is 4.25. The molecule has 16 heavy (non-hydrogen) atoms. The number of carbonyl (C=O) groups excluding carboxylic acids is 1. The molecule has 0 spiro atoms. The second-order valence-corrected chi connectivity index (χ2v) is 4.62. The van der Waals surface area contributed by atoms with Crippen molar-refractivity contribution in [1.29, 1.82) is 0 Å². The van der Waals surface area contributed by atoms with E-state index in [-0.39, 0.29) is 19.0 Å². The van der Waals surface area contributed by atoms with Crippen LogP contribution in [0.1, 0.15) is 13.3 Å². The van der Waals surface area contributed by atoms with Crippen molar-refractivity contribution in [2.75, 3.05) is 26.2 Å². The Bertz CT molecular complexity index is 277. The van der Waals surface area contributed by atoms with Crippen molar-refractivity contribution >= 4 is 5.91 Å². The fourth-order valence-electron chi connectivity index (χ4n) is 2.12. The van der Waals surface area contributed by atoms with Gasteiger partial charge in [-0.3, -0.25) is 4.79 Å². The van der Waals surface area contributed by atoms with Crippen molar-refractivity contribution in [3.05, 3.63) is 0 Å². The largest absolute Gasteiger partial charge is 0.336 e. The maximum atomic E-state index is 13.0. The third-order valence-electron chi connectivity index (χ3n) is 3.16. The van der Waals surface area contributed by atoms with Crippen LogP contribution in [0.15, 0.2) is 0 Å². The number of halogens is 2. The lowest BCUT2D eigenvalue weighted by molar-refractivity contribution is -0.148. The van der Waals surface area contributed by atoms with Gasteiger partial charge in [-0.2, -0.15) is 8.78 Å². The molecule has 0 saturated carbocycles. The SMILES string of the molecule is C[C@@H]1CN[C@H](CN2CCC(F)(F)C2=O)CN1. The number of nitrogens with one attached hydrogen (secondary N) is 2. The molecule has 0 aromatic rings. The highest BCUT2D eigenvalue weighted by Crippen LogP contribution is 2.28. The van der Waals surface area contributed by atoms with Crippen LogP contribution in [0.3, 0.4) is 0 Å². The summed E-state index contributed by atoms with van der Waals surface area (Å²) in [6.07, 6.45) is -0.345. The van der Waals surface area contributed by atoms with Crippen LogP contribution < -0.4 is 10.6 Å². The molecule has 2 atom stereocenters. The standard InChI is InChI=1S/C10H17F2N3O/c1-7-4-14-8(5-13-7)6-15-3-2-10(11,12)9(15)16/h7-8,13-14H,2-6H2,1H3/t7-,8+/m1/s1. The van der Waals surface area contributed by atoms with Crippen LogP contribution >= 0.6 is 0 Å². The first-order chi connectivity index (χ1) is 7.49. The Morgan fingerprint density at radius 3 is 2.69 bits per heavy atom. The summed E-state index contributed by atoms with van der Waals surface area (Å²) in [4.78, 5) is 12.6. The van der Waals surface area contributed by atoms with Crippen molar-refractivity contribution in [3.63, 3.8) is 0 Å². The van der Waals surface area contributed by atoms with E-state index >= 15 is 0 Å². The minimum Gasteiger partial charge on any atom is -0.336 e. The lowest BCUT2D eigenvalue weighted by Crippen LogP contribution is -2.57. The second-order valence-electron chi connectivity index (χ2n) is 4.62. The Hall–Kier alpha value is -0.750. The first kappa shape index (κ1) is 11.7. The Kier molecular flexibility index (Phi) is 3.12. The first-order valence-corrected chi connectivity index (χ1v) is 5.63. The third kappa shape index (κ3) is 2.32. The van der Waals surface area contributed by atoms with E-state index in [1.807, 2.05) is 0 Å². The molecule has 2 saturated heterocycles. The number of rotatable bonds is 2. The maximum absolute atomic E-state index is 13.0. The van der Waals surface area contributed by atoms with E-state index in [1.54, 1.807) is 0 Å². The molecule has 0 aromatic heterocycles. The molecule has 6 heteroatoms. The first-order valence-electron chi connectivity index (χ1n) is 5.63. The Morgan fingerprint density at radius 1 is 1.44 bits per heavy atom. The summed E-state index contributed by atoms with van der Waals surface area (Å²) in [6, 6.07) is 0.473. The molecule has 1 amide bonds. The van der Waals surface area contributed by atoms with Gasteiger partial charge in [-0.05, 0) is 6.92 Å². The number of nitrogens with zero attached hydrogens (tertiary/aromatic N) is 1. The number of piperazine rings is 1. The lowest BCUT2D eigenvalue weighted by Gasteiger charge is -2.31. The van der Waals surface area contributed by atoms with Crippen LogP contribution in [0.2, 0.25) is 0 Å². The average Bonchev–Trinajstić information content (AvgIpc) is 2.49. The fourth-order valence-corrected chi connectivity index (χ4v) is 2.12. The van der Waals surface area contributed by atoms with Gasteiger partial charge in [0.05, 0.1) is 0 Å². The summed E-state index contributed by atoms with van der Waals surface area (Å²) in [5.74, 6) is -4.16. The van der Waals surface area contributed by atoms with Crippen LogP contribution in [-0.2, 0) is 4.79 Å². The number of hydrogen-bond acceptors (Lipinski definition) is 3. The highest BCUT2D eigenvalue weighted by Gasteiger charge is 2.48. The number of alkyl halides is 2. The Morgan fingerprint density at radius 2 is 2.19 bits per heavy atom. The summed E-state index contributed by atoms with van der Waals surface area (Å²) in [6.45, 7) is 4.12. The molecule has 2 aliphatic heterocycles. The van der Waals surface area contributed by atoms with Crippen LogP contribution in [0.4, 0.5) is 8.78 Å². The lowest BCUT2D eigenvalue weighted by atomic mass is 10.1. The molecule has 92 valence electrons. The van der Waals surface area contributed by atoms with E-state index in [9.17, 15) is 13.6 Å². The van der Waals surface area contributed by atoms with Gasteiger partial charge < -0.3 is 15.5 Å². The van der Waals surface area contributed by atoms with Crippen LogP contribution in [0.5, 0.6) is 0 Å². The van der Waals surface area contributed by atoms with Crippen molar-refractivity contribution < 1.29 is 13.6 Å². The molecule has 0 bridgehead atoms. The molecule has 4 nitrogen and oxygen atoms in total. The minimum atomic E-state index is -3.14. The van der Waals surface area contributed by atoms with Gasteiger partial charge in [0.15, 0.2) is 0 Å². The van der Waals surface area contributed by atoms with Gasteiger partial charge >= 0.3 is 5.92 Å². The van der Waals surface area contributed by atoms with Crippen molar-refractivity contribution in [2.24, 2.45) is 0 Å². The zero-order valence-electron chi connectivity index (χ0n) is 9.30.